The van der Waals surface area contributed by atoms with E-state index >= 15 is 0 Å². The van der Waals surface area contributed by atoms with Gasteiger partial charge in [-0.25, -0.2) is 0 Å². The molecular weight excluding hydrogens is 321 g/mol. The zero-order valence-electron chi connectivity index (χ0n) is 13.7. The van der Waals surface area contributed by atoms with E-state index in [1.165, 1.54) is 12.1 Å². The van der Waals surface area contributed by atoms with Gasteiger partial charge in [0.05, 0.1) is 11.1 Å². The van der Waals surface area contributed by atoms with Crippen LogP contribution in [0.3, 0.4) is 0 Å². The molecule has 1 amide bonds. The molecule has 1 aromatic carbocycles. The molecule has 24 heavy (non-hydrogen) atoms. The number of hydrogen-bond donors (Lipinski definition) is 1. The lowest BCUT2D eigenvalue weighted by molar-refractivity contribution is -0.138. The Bertz CT molecular complexity index is 618. The largest absolute Gasteiger partial charge is 0.416 e. The van der Waals surface area contributed by atoms with Crippen LogP contribution in [-0.2, 0) is 11.0 Å². The first kappa shape index (κ1) is 18.4. The molecule has 0 saturated carbocycles. The number of amides is 1. The summed E-state index contributed by atoms with van der Waals surface area (Å²) in [6.07, 6.45) is -3.16. The Labute approximate surface area is 138 Å². The number of nitrogens with two attached hydrogens (primary N) is 1. The van der Waals surface area contributed by atoms with Gasteiger partial charge in [-0.1, -0.05) is 12.1 Å². The zero-order valence-corrected chi connectivity index (χ0v) is 13.7. The highest BCUT2D eigenvalue weighted by atomic mass is 19.4. The molecular formula is C17H21F3N2O2. The first-order chi connectivity index (χ1) is 11.0. The van der Waals surface area contributed by atoms with Crippen LogP contribution in [-0.4, -0.2) is 35.2 Å². The van der Waals surface area contributed by atoms with Crippen LogP contribution in [0, 0.1) is 5.92 Å². The Morgan fingerprint density at radius 1 is 1.17 bits per heavy atom. The third kappa shape index (κ3) is 4.14. The van der Waals surface area contributed by atoms with E-state index in [-0.39, 0.29) is 23.8 Å². The molecule has 2 N–H and O–H groups in total. The van der Waals surface area contributed by atoms with Crippen LogP contribution in [0.4, 0.5) is 13.2 Å². The fraction of sp³-hybridized carbons (Fsp3) is 0.529. The molecule has 0 aromatic heterocycles. The number of nitrogens with zero attached hydrogens (tertiary/aromatic N) is 1. The molecule has 4 nitrogen and oxygen atoms in total. The number of benzene rings is 1. The number of carbonyl (C=O) groups excluding carboxylic acids is 2. The molecule has 0 spiro atoms. The van der Waals surface area contributed by atoms with Crippen LogP contribution in [0.25, 0.3) is 0 Å². The van der Waals surface area contributed by atoms with E-state index in [9.17, 15) is 22.8 Å². The number of piperidine rings is 1. The molecule has 2 rings (SSSR count). The monoisotopic (exact) mass is 342 g/mol. The van der Waals surface area contributed by atoms with Crippen LogP contribution < -0.4 is 5.73 Å². The van der Waals surface area contributed by atoms with Crippen LogP contribution in [0.2, 0.25) is 0 Å². The predicted octanol–water partition coefficient (Wildman–Crippen LogP) is 2.86. The number of alkyl halides is 3. The zero-order chi connectivity index (χ0) is 18.1. The van der Waals surface area contributed by atoms with E-state index in [1.54, 1.807) is 18.7 Å². The first-order valence-corrected chi connectivity index (χ1v) is 7.80. The summed E-state index contributed by atoms with van der Waals surface area (Å²) in [5.74, 6) is -0.884. The summed E-state index contributed by atoms with van der Waals surface area (Å²) in [5, 5.41) is 0. The summed E-state index contributed by atoms with van der Waals surface area (Å²) in [6.45, 7) is 4.00. The van der Waals surface area contributed by atoms with Gasteiger partial charge in [0.2, 0.25) is 5.91 Å². The van der Waals surface area contributed by atoms with Crippen molar-refractivity contribution in [1.82, 2.24) is 4.90 Å². The van der Waals surface area contributed by atoms with Gasteiger partial charge in [0.25, 0.3) is 0 Å². The van der Waals surface area contributed by atoms with Crippen LogP contribution >= 0.6 is 0 Å². The van der Waals surface area contributed by atoms with E-state index < -0.39 is 23.2 Å². The van der Waals surface area contributed by atoms with Gasteiger partial charge in [-0.2, -0.15) is 13.2 Å². The maximum Gasteiger partial charge on any atom is 0.416 e. The van der Waals surface area contributed by atoms with Crippen molar-refractivity contribution in [2.24, 2.45) is 11.7 Å². The Hall–Kier alpha value is -1.89. The molecule has 132 valence electrons. The van der Waals surface area contributed by atoms with Crippen molar-refractivity contribution in [2.75, 3.05) is 13.1 Å². The van der Waals surface area contributed by atoms with E-state index in [2.05, 4.69) is 0 Å². The summed E-state index contributed by atoms with van der Waals surface area (Å²) in [6, 6.07) is 4.20. The highest BCUT2D eigenvalue weighted by Gasteiger charge is 2.34. The van der Waals surface area contributed by atoms with Gasteiger partial charge in [-0.15, -0.1) is 0 Å². The molecule has 1 aliphatic heterocycles. The Kier molecular flexibility index (Phi) is 5.03. The fourth-order valence-electron chi connectivity index (χ4n) is 2.84. The number of ketones is 1. The van der Waals surface area contributed by atoms with E-state index in [4.69, 9.17) is 5.73 Å². The SMILES string of the molecule is CC(C)(N)C(=O)N1CCCC(C(=O)c2ccc(C(F)(F)F)cc2)C1. The molecule has 1 heterocycles. The molecule has 1 unspecified atom stereocenters. The third-order valence-electron chi connectivity index (χ3n) is 4.13. The number of rotatable bonds is 3. The van der Waals surface area contributed by atoms with Gasteiger partial charge in [-0.05, 0) is 38.8 Å². The molecule has 1 aromatic rings. The van der Waals surface area contributed by atoms with Crippen molar-refractivity contribution in [2.45, 2.75) is 38.4 Å². The summed E-state index contributed by atoms with van der Waals surface area (Å²) >= 11 is 0. The molecule has 0 bridgehead atoms. The van der Waals surface area contributed by atoms with E-state index in [0.29, 0.717) is 19.4 Å². The molecule has 0 radical (unpaired) electrons. The lowest BCUT2D eigenvalue weighted by Gasteiger charge is -2.35. The van der Waals surface area contributed by atoms with Gasteiger partial charge in [0.15, 0.2) is 5.78 Å². The minimum atomic E-state index is -4.43. The van der Waals surface area contributed by atoms with E-state index in [1.807, 2.05) is 0 Å². The second-order valence-electron chi connectivity index (χ2n) is 6.75. The highest BCUT2D eigenvalue weighted by molar-refractivity contribution is 5.98. The molecule has 1 atom stereocenters. The third-order valence-corrected chi connectivity index (χ3v) is 4.13. The molecule has 1 aliphatic rings. The van der Waals surface area contributed by atoms with Gasteiger partial charge < -0.3 is 10.6 Å². The van der Waals surface area contributed by atoms with Crippen molar-refractivity contribution in [3.8, 4) is 0 Å². The normalized spacial score (nSPS) is 19.2. The minimum Gasteiger partial charge on any atom is -0.340 e. The van der Waals surface area contributed by atoms with Crippen LogP contribution in [0.1, 0.15) is 42.6 Å². The molecule has 7 heteroatoms. The van der Waals surface area contributed by atoms with Crippen molar-refractivity contribution < 1.29 is 22.8 Å². The fourth-order valence-corrected chi connectivity index (χ4v) is 2.84. The number of likely N-dealkylation sites (tertiary alicyclic amines) is 1. The summed E-state index contributed by atoms with van der Waals surface area (Å²) in [7, 11) is 0. The number of Topliss-reactive ketones (excluding diaryl/α,β-unsaturated/α-hetero) is 1. The lowest BCUT2D eigenvalue weighted by atomic mass is 9.88. The first-order valence-electron chi connectivity index (χ1n) is 7.80. The second-order valence-corrected chi connectivity index (χ2v) is 6.75. The minimum absolute atomic E-state index is 0.229. The van der Waals surface area contributed by atoms with Gasteiger partial charge >= 0.3 is 6.18 Å². The van der Waals surface area contributed by atoms with Crippen molar-refractivity contribution in [1.29, 1.82) is 0 Å². The van der Waals surface area contributed by atoms with Gasteiger partial charge in [-0.3, -0.25) is 9.59 Å². The quantitative estimate of drug-likeness (QED) is 0.859. The topological polar surface area (TPSA) is 63.4 Å². The predicted molar refractivity (Wildman–Crippen MR) is 83.3 cm³/mol. The summed E-state index contributed by atoms with van der Waals surface area (Å²) in [4.78, 5) is 26.3. The maximum atomic E-state index is 12.6. The smallest absolute Gasteiger partial charge is 0.340 e. The van der Waals surface area contributed by atoms with Crippen molar-refractivity contribution in [3.05, 3.63) is 35.4 Å². The molecule has 1 fully saturated rings. The average Bonchev–Trinajstić information content (AvgIpc) is 2.52. The molecule has 1 saturated heterocycles. The Morgan fingerprint density at radius 2 is 1.75 bits per heavy atom. The van der Waals surface area contributed by atoms with Crippen LogP contribution in [0.15, 0.2) is 24.3 Å². The van der Waals surface area contributed by atoms with E-state index in [0.717, 1.165) is 12.1 Å². The maximum absolute atomic E-state index is 12.6. The number of halogens is 3. The van der Waals surface area contributed by atoms with Crippen molar-refractivity contribution in [3.63, 3.8) is 0 Å². The summed E-state index contributed by atoms with van der Waals surface area (Å²) in [5.41, 5.74) is 4.25. The molecule has 0 aliphatic carbocycles. The second kappa shape index (κ2) is 6.55. The van der Waals surface area contributed by atoms with Crippen molar-refractivity contribution >= 4 is 11.7 Å². The summed E-state index contributed by atoms with van der Waals surface area (Å²) < 4.78 is 37.8. The van der Waals surface area contributed by atoms with Gasteiger partial charge in [0.1, 0.15) is 0 Å². The number of hydrogen-bond acceptors (Lipinski definition) is 3. The van der Waals surface area contributed by atoms with Crippen LogP contribution in [0.5, 0.6) is 0 Å². The Morgan fingerprint density at radius 3 is 2.25 bits per heavy atom. The highest BCUT2D eigenvalue weighted by Crippen LogP contribution is 2.30. The van der Waals surface area contributed by atoms with Gasteiger partial charge in [0, 0.05) is 24.6 Å². The number of carbonyl (C=O) groups is 2. The Balaban J connectivity index is 2.11. The average molecular weight is 342 g/mol. The standard InChI is InChI=1S/C17H21F3N2O2/c1-16(2,21)15(24)22-9-3-4-12(10-22)14(23)11-5-7-13(8-6-11)17(18,19)20/h5-8,12H,3-4,9-10,21H2,1-2H3. The lowest BCUT2D eigenvalue weighted by Crippen LogP contribution is -2.54.